The first-order valence-corrected chi connectivity index (χ1v) is 7.77. The lowest BCUT2D eigenvalue weighted by Crippen LogP contribution is -2.54. The van der Waals surface area contributed by atoms with E-state index in [-0.39, 0.29) is 0 Å². The van der Waals surface area contributed by atoms with E-state index < -0.39 is 0 Å². The van der Waals surface area contributed by atoms with E-state index in [1.54, 1.807) is 0 Å². The molecule has 1 aromatic carbocycles. The number of nitrogens with zero attached hydrogens (tertiary/aromatic N) is 1. The van der Waals surface area contributed by atoms with Crippen LogP contribution in [0.1, 0.15) is 32.3 Å². The summed E-state index contributed by atoms with van der Waals surface area (Å²) in [6.45, 7) is 7.53. The third-order valence-corrected chi connectivity index (χ3v) is 4.32. The first-order chi connectivity index (χ1) is 9.10. The molecule has 0 spiro atoms. The second kappa shape index (κ2) is 6.94. The van der Waals surface area contributed by atoms with Crippen LogP contribution >= 0.6 is 23.2 Å². The molecule has 2 unspecified atom stereocenters. The topological polar surface area (TPSA) is 15.3 Å². The number of hydrogen-bond donors (Lipinski definition) is 1. The maximum atomic E-state index is 6.28. The summed E-state index contributed by atoms with van der Waals surface area (Å²) in [6, 6.07) is 6.94. The molecule has 0 aliphatic carbocycles. The minimum absolute atomic E-state index is 0.541. The van der Waals surface area contributed by atoms with Crippen molar-refractivity contribution in [3.63, 3.8) is 0 Å². The number of rotatable bonds is 4. The normalized spacial score (nSPS) is 24.6. The summed E-state index contributed by atoms with van der Waals surface area (Å²) in [4.78, 5) is 2.54. The molecular weight excluding hydrogens is 279 g/mol. The highest BCUT2D eigenvalue weighted by atomic mass is 35.5. The van der Waals surface area contributed by atoms with Crippen molar-refractivity contribution in [1.82, 2.24) is 10.2 Å². The van der Waals surface area contributed by atoms with E-state index >= 15 is 0 Å². The van der Waals surface area contributed by atoms with E-state index in [1.165, 1.54) is 18.4 Å². The van der Waals surface area contributed by atoms with Gasteiger partial charge in [-0.25, -0.2) is 0 Å². The number of hydrogen-bond acceptors (Lipinski definition) is 2. The summed E-state index contributed by atoms with van der Waals surface area (Å²) in [6.07, 6.45) is 2.44. The number of halogens is 2. The van der Waals surface area contributed by atoms with Crippen molar-refractivity contribution in [2.24, 2.45) is 0 Å². The fourth-order valence-corrected chi connectivity index (χ4v) is 3.18. The molecule has 1 aromatic rings. The highest BCUT2D eigenvalue weighted by Gasteiger charge is 2.25. The van der Waals surface area contributed by atoms with Gasteiger partial charge in [-0.15, -0.1) is 0 Å². The van der Waals surface area contributed by atoms with Crippen molar-refractivity contribution in [1.29, 1.82) is 0 Å². The van der Waals surface area contributed by atoms with Crippen LogP contribution in [0.3, 0.4) is 0 Å². The summed E-state index contributed by atoms with van der Waals surface area (Å²) in [5.74, 6) is 0. The zero-order chi connectivity index (χ0) is 13.8. The molecule has 2 rings (SSSR count). The summed E-state index contributed by atoms with van der Waals surface area (Å²) in [5.41, 5.74) is 1.17. The average Bonchev–Trinajstić information content (AvgIpc) is 2.36. The van der Waals surface area contributed by atoms with Crippen LogP contribution in [0.4, 0.5) is 0 Å². The molecule has 19 heavy (non-hydrogen) atoms. The Morgan fingerprint density at radius 2 is 2.16 bits per heavy atom. The van der Waals surface area contributed by atoms with Crippen LogP contribution in [0, 0.1) is 0 Å². The molecule has 106 valence electrons. The zero-order valence-electron chi connectivity index (χ0n) is 11.6. The van der Waals surface area contributed by atoms with Gasteiger partial charge >= 0.3 is 0 Å². The van der Waals surface area contributed by atoms with Crippen molar-refractivity contribution < 1.29 is 0 Å². The lowest BCUT2D eigenvalue weighted by atomic mass is 10.0. The van der Waals surface area contributed by atoms with Crippen LogP contribution in [0.15, 0.2) is 18.2 Å². The van der Waals surface area contributed by atoms with E-state index in [0.717, 1.165) is 24.7 Å². The lowest BCUT2D eigenvalue weighted by molar-refractivity contribution is 0.120. The Bertz CT molecular complexity index is 423. The number of piperazine rings is 1. The molecule has 1 fully saturated rings. The molecule has 0 saturated carbocycles. The molecule has 0 radical (unpaired) electrons. The zero-order valence-corrected chi connectivity index (χ0v) is 13.1. The van der Waals surface area contributed by atoms with Crippen molar-refractivity contribution in [2.45, 2.75) is 45.3 Å². The van der Waals surface area contributed by atoms with E-state index in [1.807, 2.05) is 18.2 Å². The van der Waals surface area contributed by atoms with Crippen LogP contribution in [0.2, 0.25) is 10.0 Å². The average molecular weight is 301 g/mol. The van der Waals surface area contributed by atoms with Gasteiger partial charge in [-0.3, -0.25) is 4.90 Å². The quantitative estimate of drug-likeness (QED) is 0.905. The van der Waals surface area contributed by atoms with E-state index in [9.17, 15) is 0 Å². The Hall–Kier alpha value is -0.280. The third kappa shape index (κ3) is 4.09. The summed E-state index contributed by atoms with van der Waals surface area (Å²) < 4.78 is 0. The molecule has 1 aliphatic rings. The van der Waals surface area contributed by atoms with Gasteiger partial charge < -0.3 is 5.32 Å². The van der Waals surface area contributed by atoms with Crippen LogP contribution in [-0.2, 0) is 6.54 Å². The maximum absolute atomic E-state index is 6.28. The van der Waals surface area contributed by atoms with Gasteiger partial charge in [0.15, 0.2) is 0 Å². The van der Waals surface area contributed by atoms with E-state index in [0.29, 0.717) is 17.1 Å². The molecular formula is C15H22Cl2N2. The largest absolute Gasteiger partial charge is 0.311 e. The Kier molecular flexibility index (Phi) is 5.52. The second-order valence-corrected chi connectivity index (χ2v) is 6.26. The minimum Gasteiger partial charge on any atom is -0.311 e. The summed E-state index contributed by atoms with van der Waals surface area (Å²) in [7, 11) is 0. The van der Waals surface area contributed by atoms with Crippen molar-refractivity contribution in [2.75, 3.05) is 13.1 Å². The molecule has 2 atom stereocenters. The fraction of sp³-hybridized carbons (Fsp3) is 0.600. The van der Waals surface area contributed by atoms with Crippen molar-refractivity contribution >= 4 is 23.2 Å². The minimum atomic E-state index is 0.541. The molecule has 0 bridgehead atoms. The van der Waals surface area contributed by atoms with Crippen LogP contribution in [0.25, 0.3) is 0 Å². The molecule has 0 aromatic heterocycles. The van der Waals surface area contributed by atoms with Gasteiger partial charge in [0.1, 0.15) is 0 Å². The Labute approximate surface area is 126 Å². The van der Waals surface area contributed by atoms with Crippen LogP contribution in [-0.4, -0.2) is 30.1 Å². The van der Waals surface area contributed by atoms with Gasteiger partial charge in [-0.1, -0.05) is 42.6 Å². The monoisotopic (exact) mass is 300 g/mol. The standard InChI is InChI=1S/C15H22Cl2N2/c1-3-4-14-8-18-11(2)9-19(14)10-12-5-6-13(16)7-15(12)17/h5-7,11,14,18H,3-4,8-10H2,1-2H3. The molecule has 0 amide bonds. The van der Waals surface area contributed by atoms with Gasteiger partial charge in [0, 0.05) is 41.8 Å². The first kappa shape index (κ1) is 15.1. The van der Waals surface area contributed by atoms with E-state index in [4.69, 9.17) is 23.2 Å². The summed E-state index contributed by atoms with van der Waals surface area (Å²) >= 11 is 12.2. The Morgan fingerprint density at radius 3 is 2.84 bits per heavy atom. The number of nitrogens with one attached hydrogen (secondary N) is 1. The second-order valence-electron chi connectivity index (χ2n) is 5.42. The summed E-state index contributed by atoms with van der Waals surface area (Å²) in [5, 5.41) is 5.03. The molecule has 1 aliphatic heterocycles. The van der Waals surface area contributed by atoms with Crippen LogP contribution < -0.4 is 5.32 Å². The molecule has 4 heteroatoms. The van der Waals surface area contributed by atoms with Gasteiger partial charge in [-0.05, 0) is 31.0 Å². The first-order valence-electron chi connectivity index (χ1n) is 7.01. The Morgan fingerprint density at radius 1 is 1.37 bits per heavy atom. The fourth-order valence-electron chi connectivity index (χ4n) is 2.71. The third-order valence-electron chi connectivity index (χ3n) is 3.74. The molecule has 1 saturated heterocycles. The predicted molar refractivity (Wildman–Crippen MR) is 83.0 cm³/mol. The van der Waals surface area contributed by atoms with Crippen LogP contribution in [0.5, 0.6) is 0 Å². The smallest absolute Gasteiger partial charge is 0.0465 e. The molecule has 1 heterocycles. The highest BCUT2D eigenvalue weighted by Crippen LogP contribution is 2.24. The van der Waals surface area contributed by atoms with Gasteiger partial charge in [0.2, 0.25) is 0 Å². The van der Waals surface area contributed by atoms with Crippen molar-refractivity contribution in [3.05, 3.63) is 33.8 Å². The van der Waals surface area contributed by atoms with Gasteiger partial charge in [0.05, 0.1) is 0 Å². The maximum Gasteiger partial charge on any atom is 0.0465 e. The number of benzene rings is 1. The van der Waals surface area contributed by atoms with Gasteiger partial charge in [-0.2, -0.15) is 0 Å². The highest BCUT2D eigenvalue weighted by molar-refractivity contribution is 6.35. The predicted octanol–water partition coefficient (Wildman–Crippen LogP) is 3.96. The molecule has 2 nitrogen and oxygen atoms in total. The van der Waals surface area contributed by atoms with E-state index in [2.05, 4.69) is 24.1 Å². The van der Waals surface area contributed by atoms with Crippen molar-refractivity contribution in [3.8, 4) is 0 Å². The lowest BCUT2D eigenvalue weighted by Gasteiger charge is -2.39. The SMILES string of the molecule is CCCC1CNC(C)CN1Cc1ccc(Cl)cc1Cl. The molecule has 1 N–H and O–H groups in total. The Balaban J connectivity index is 2.09. The van der Waals surface area contributed by atoms with Gasteiger partial charge in [0.25, 0.3) is 0 Å².